The second-order valence-corrected chi connectivity index (χ2v) is 3.27. The molecule has 0 amide bonds. The summed E-state index contributed by atoms with van der Waals surface area (Å²) in [5, 5.41) is 11.5. The highest BCUT2D eigenvalue weighted by Gasteiger charge is 2.09. The van der Waals surface area contributed by atoms with Crippen LogP contribution in [0.3, 0.4) is 0 Å². The van der Waals surface area contributed by atoms with E-state index in [1.54, 1.807) is 19.2 Å². The largest absolute Gasteiger partial charge is 0.491 e. The van der Waals surface area contributed by atoms with Gasteiger partial charge in [0.2, 0.25) is 0 Å². The maximum absolute atomic E-state index is 13.5. The molecule has 0 saturated heterocycles. The van der Waals surface area contributed by atoms with Crippen LogP contribution < -0.4 is 10.1 Å². The van der Waals surface area contributed by atoms with Gasteiger partial charge in [0.05, 0.1) is 6.61 Å². The predicted molar refractivity (Wildman–Crippen MR) is 56.5 cm³/mol. The van der Waals surface area contributed by atoms with Crippen molar-refractivity contribution in [2.45, 2.75) is 13.0 Å². The second kappa shape index (κ2) is 5.68. The van der Waals surface area contributed by atoms with Crippen molar-refractivity contribution in [1.82, 2.24) is 5.32 Å². The first-order chi connectivity index (χ1) is 7.19. The molecule has 3 nitrogen and oxygen atoms in total. The Balaban J connectivity index is 2.78. The monoisotopic (exact) mass is 213 g/mol. The second-order valence-electron chi connectivity index (χ2n) is 3.27. The third-order valence-electron chi connectivity index (χ3n) is 2.23. The molecule has 0 aliphatic heterocycles. The van der Waals surface area contributed by atoms with Crippen LogP contribution in [0.15, 0.2) is 18.2 Å². The Kier molecular flexibility index (Phi) is 4.52. The van der Waals surface area contributed by atoms with Crippen LogP contribution in [0, 0.1) is 5.82 Å². The lowest BCUT2D eigenvalue weighted by molar-refractivity contribution is 0.201. The van der Waals surface area contributed by atoms with Gasteiger partial charge >= 0.3 is 0 Å². The van der Waals surface area contributed by atoms with Gasteiger partial charge in [-0.05, 0) is 20.0 Å². The smallest absolute Gasteiger partial charge is 0.131 e. The molecule has 84 valence electrons. The van der Waals surface area contributed by atoms with E-state index in [-0.39, 0.29) is 25.1 Å². The summed E-state index contributed by atoms with van der Waals surface area (Å²) in [7, 11) is 1.78. The summed E-state index contributed by atoms with van der Waals surface area (Å²) < 4.78 is 18.6. The van der Waals surface area contributed by atoms with E-state index in [0.717, 1.165) is 0 Å². The van der Waals surface area contributed by atoms with E-state index in [2.05, 4.69) is 5.32 Å². The molecule has 1 unspecified atom stereocenters. The standard InChI is InChI=1S/C11H16FNO2/c1-8(13-2)10-4-3-9(7-11(10)12)15-6-5-14/h3-4,7-8,13-14H,5-6H2,1-2H3. The first kappa shape index (κ1) is 11.9. The Bertz CT molecular complexity index is 317. The predicted octanol–water partition coefficient (Wildman–Crippen LogP) is 1.48. The van der Waals surface area contributed by atoms with Crippen molar-refractivity contribution >= 4 is 0 Å². The van der Waals surface area contributed by atoms with Crippen molar-refractivity contribution in [1.29, 1.82) is 0 Å². The number of halogens is 1. The molecule has 15 heavy (non-hydrogen) atoms. The van der Waals surface area contributed by atoms with Crippen molar-refractivity contribution in [3.8, 4) is 5.75 Å². The molecule has 0 spiro atoms. The molecule has 0 bridgehead atoms. The van der Waals surface area contributed by atoms with E-state index < -0.39 is 0 Å². The van der Waals surface area contributed by atoms with E-state index in [9.17, 15) is 4.39 Å². The Morgan fingerprint density at radius 3 is 2.80 bits per heavy atom. The first-order valence-electron chi connectivity index (χ1n) is 4.89. The molecule has 0 aromatic heterocycles. The van der Waals surface area contributed by atoms with Gasteiger partial charge in [-0.2, -0.15) is 0 Å². The molecule has 0 radical (unpaired) electrons. The molecule has 0 aliphatic rings. The lowest BCUT2D eigenvalue weighted by Crippen LogP contribution is -2.14. The number of aliphatic hydroxyl groups excluding tert-OH is 1. The van der Waals surface area contributed by atoms with Crippen LogP contribution in [0.25, 0.3) is 0 Å². The molecule has 1 atom stereocenters. The molecular weight excluding hydrogens is 197 g/mol. The highest BCUT2D eigenvalue weighted by atomic mass is 19.1. The van der Waals surface area contributed by atoms with E-state index in [1.165, 1.54) is 6.07 Å². The zero-order chi connectivity index (χ0) is 11.3. The van der Waals surface area contributed by atoms with Crippen molar-refractivity contribution in [3.63, 3.8) is 0 Å². The van der Waals surface area contributed by atoms with Gasteiger partial charge in [0.1, 0.15) is 18.2 Å². The fourth-order valence-electron chi connectivity index (χ4n) is 1.27. The quantitative estimate of drug-likeness (QED) is 0.778. The molecule has 0 saturated carbocycles. The van der Waals surface area contributed by atoms with Gasteiger partial charge in [0.15, 0.2) is 0 Å². The summed E-state index contributed by atoms with van der Waals surface area (Å²) in [6.45, 7) is 1.99. The maximum Gasteiger partial charge on any atom is 0.131 e. The Labute approximate surface area is 88.9 Å². The van der Waals surface area contributed by atoms with Gasteiger partial charge in [-0.25, -0.2) is 4.39 Å². The van der Waals surface area contributed by atoms with Gasteiger partial charge in [-0.1, -0.05) is 6.07 Å². The topological polar surface area (TPSA) is 41.5 Å². The number of aliphatic hydroxyl groups is 1. The highest BCUT2D eigenvalue weighted by molar-refractivity contribution is 5.30. The SMILES string of the molecule is CNC(C)c1ccc(OCCO)cc1F. The van der Waals surface area contributed by atoms with Crippen molar-refractivity contribution in [2.75, 3.05) is 20.3 Å². The van der Waals surface area contributed by atoms with Crippen molar-refractivity contribution in [3.05, 3.63) is 29.6 Å². The number of rotatable bonds is 5. The summed E-state index contributed by atoms with van der Waals surface area (Å²) >= 11 is 0. The van der Waals surface area contributed by atoms with Crippen LogP contribution in [0.5, 0.6) is 5.75 Å². The fraction of sp³-hybridized carbons (Fsp3) is 0.455. The molecule has 2 N–H and O–H groups in total. The van der Waals surface area contributed by atoms with Crippen LogP contribution >= 0.6 is 0 Å². The third kappa shape index (κ3) is 3.18. The van der Waals surface area contributed by atoms with Gasteiger partial charge in [-0.15, -0.1) is 0 Å². The molecule has 1 aromatic carbocycles. The van der Waals surface area contributed by atoms with E-state index in [4.69, 9.17) is 9.84 Å². The van der Waals surface area contributed by atoms with Crippen LogP contribution in [-0.4, -0.2) is 25.4 Å². The van der Waals surface area contributed by atoms with Gasteiger partial charge in [0, 0.05) is 17.7 Å². The lowest BCUT2D eigenvalue weighted by Gasteiger charge is -2.12. The number of ether oxygens (including phenoxy) is 1. The summed E-state index contributed by atoms with van der Waals surface area (Å²) in [6, 6.07) is 4.68. The van der Waals surface area contributed by atoms with Crippen LogP contribution in [0.4, 0.5) is 4.39 Å². The van der Waals surface area contributed by atoms with Gasteiger partial charge in [0.25, 0.3) is 0 Å². The maximum atomic E-state index is 13.5. The Hall–Kier alpha value is -1.13. The number of hydrogen-bond acceptors (Lipinski definition) is 3. The molecular formula is C11H16FNO2. The van der Waals surface area contributed by atoms with Gasteiger partial charge < -0.3 is 15.2 Å². The summed E-state index contributed by atoms with van der Waals surface area (Å²) in [5.41, 5.74) is 0.605. The van der Waals surface area contributed by atoms with Crippen LogP contribution in [0.1, 0.15) is 18.5 Å². The Morgan fingerprint density at radius 2 is 2.27 bits per heavy atom. The lowest BCUT2D eigenvalue weighted by atomic mass is 10.1. The summed E-state index contributed by atoms with van der Waals surface area (Å²) in [5.74, 6) is 0.140. The average molecular weight is 213 g/mol. The summed E-state index contributed by atoms with van der Waals surface area (Å²) in [4.78, 5) is 0. The molecule has 1 aromatic rings. The van der Waals surface area contributed by atoms with E-state index >= 15 is 0 Å². The molecule has 0 aliphatic carbocycles. The van der Waals surface area contributed by atoms with Crippen LogP contribution in [-0.2, 0) is 0 Å². The number of hydrogen-bond donors (Lipinski definition) is 2. The first-order valence-corrected chi connectivity index (χ1v) is 4.89. The minimum atomic E-state index is -0.299. The van der Waals surface area contributed by atoms with Crippen molar-refractivity contribution < 1.29 is 14.2 Å². The molecule has 0 fully saturated rings. The highest BCUT2D eigenvalue weighted by Crippen LogP contribution is 2.21. The van der Waals surface area contributed by atoms with E-state index in [0.29, 0.717) is 11.3 Å². The van der Waals surface area contributed by atoms with Crippen molar-refractivity contribution in [2.24, 2.45) is 0 Å². The Morgan fingerprint density at radius 1 is 1.53 bits per heavy atom. The number of nitrogens with one attached hydrogen (secondary N) is 1. The normalized spacial score (nSPS) is 12.5. The van der Waals surface area contributed by atoms with Gasteiger partial charge in [-0.3, -0.25) is 0 Å². The summed E-state index contributed by atoms with van der Waals surface area (Å²) in [6.07, 6.45) is 0. The zero-order valence-electron chi connectivity index (χ0n) is 8.96. The minimum absolute atomic E-state index is 0.0307. The molecule has 0 heterocycles. The van der Waals surface area contributed by atoms with E-state index in [1.807, 2.05) is 6.92 Å². The zero-order valence-corrected chi connectivity index (χ0v) is 8.96. The minimum Gasteiger partial charge on any atom is -0.491 e. The molecule has 1 rings (SSSR count). The van der Waals surface area contributed by atoms with Crippen LogP contribution in [0.2, 0.25) is 0 Å². The number of benzene rings is 1. The third-order valence-corrected chi connectivity index (χ3v) is 2.23. The fourth-order valence-corrected chi connectivity index (χ4v) is 1.27. The molecule has 4 heteroatoms. The average Bonchev–Trinajstić information content (AvgIpc) is 2.25.